The molecule has 0 bridgehead atoms. The van der Waals surface area contributed by atoms with Crippen molar-refractivity contribution in [2.75, 3.05) is 33.9 Å². The second kappa shape index (κ2) is 7.68. The number of methoxy groups -OCH3 is 2. The molecule has 0 amide bonds. The maximum Gasteiger partial charge on any atom is 0.164 e. The second-order valence-electron chi connectivity index (χ2n) is 7.21. The summed E-state index contributed by atoms with van der Waals surface area (Å²) in [5.74, 6) is 1.74. The second-order valence-corrected chi connectivity index (χ2v) is 7.21. The maximum atomic E-state index is 5.60. The smallest absolute Gasteiger partial charge is 0.164 e. The van der Waals surface area contributed by atoms with Gasteiger partial charge in [0.1, 0.15) is 0 Å². The minimum Gasteiger partial charge on any atom is -0.493 e. The first-order valence-electron chi connectivity index (χ1n) is 9.56. The molecule has 4 nitrogen and oxygen atoms in total. The molecule has 0 saturated carbocycles. The molecule has 1 N–H and O–H groups in total. The zero-order valence-electron chi connectivity index (χ0n) is 15.8. The molecule has 0 saturated heterocycles. The highest BCUT2D eigenvalue weighted by Crippen LogP contribution is 2.42. The summed E-state index contributed by atoms with van der Waals surface area (Å²) < 4.78 is 11.0. The van der Waals surface area contributed by atoms with Gasteiger partial charge in [0.15, 0.2) is 11.5 Å². The van der Waals surface area contributed by atoms with Gasteiger partial charge in [-0.05, 0) is 42.0 Å². The molecule has 0 radical (unpaired) electrons. The highest BCUT2D eigenvalue weighted by atomic mass is 16.5. The van der Waals surface area contributed by atoms with Crippen LogP contribution >= 0.6 is 0 Å². The van der Waals surface area contributed by atoms with Gasteiger partial charge in [-0.25, -0.2) is 0 Å². The van der Waals surface area contributed by atoms with Gasteiger partial charge >= 0.3 is 0 Å². The third kappa shape index (κ3) is 3.31. The molecule has 26 heavy (non-hydrogen) atoms. The van der Waals surface area contributed by atoms with Crippen LogP contribution in [-0.2, 0) is 19.4 Å². The number of ether oxygens (including phenoxy) is 2. The first-order chi connectivity index (χ1) is 12.8. The third-order valence-electron chi connectivity index (χ3n) is 5.77. The van der Waals surface area contributed by atoms with Crippen molar-refractivity contribution in [1.29, 1.82) is 0 Å². The quantitative estimate of drug-likeness (QED) is 0.865. The van der Waals surface area contributed by atoms with Gasteiger partial charge in [0.25, 0.3) is 0 Å². The van der Waals surface area contributed by atoms with Crippen LogP contribution in [-0.4, -0.2) is 38.8 Å². The fourth-order valence-electron chi connectivity index (χ4n) is 4.39. The van der Waals surface area contributed by atoms with Crippen molar-refractivity contribution >= 4 is 0 Å². The monoisotopic (exact) mass is 352 g/mol. The molecular formula is C22H28N2O2. The van der Waals surface area contributed by atoms with Gasteiger partial charge in [0.2, 0.25) is 0 Å². The lowest BCUT2D eigenvalue weighted by atomic mass is 10.00. The standard InChI is InChI=1S/C22H28N2O2/c1-25-21-10-8-18-19(22(21)26-2)7-9-20(18)23-12-14-24-13-11-16-5-3-4-6-17(16)15-24/h3-6,8,10,20,23H,7,9,11-15H2,1-2H3. The first kappa shape index (κ1) is 17.4. The third-order valence-corrected chi connectivity index (χ3v) is 5.77. The van der Waals surface area contributed by atoms with Gasteiger partial charge in [-0.3, -0.25) is 4.90 Å². The number of benzene rings is 2. The molecule has 0 fully saturated rings. The Morgan fingerprint density at radius 2 is 1.88 bits per heavy atom. The van der Waals surface area contributed by atoms with E-state index >= 15 is 0 Å². The number of hydrogen-bond acceptors (Lipinski definition) is 4. The molecular weight excluding hydrogens is 324 g/mol. The maximum absolute atomic E-state index is 5.60. The van der Waals surface area contributed by atoms with Gasteiger partial charge < -0.3 is 14.8 Å². The number of hydrogen-bond donors (Lipinski definition) is 1. The van der Waals surface area contributed by atoms with Gasteiger partial charge in [0.05, 0.1) is 14.2 Å². The lowest BCUT2D eigenvalue weighted by molar-refractivity contribution is 0.250. The zero-order chi connectivity index (χ0) is 17.9. The lowest BCUT2D eigenvalue weighted by Crippen LogP contribution is -2.36. The van der Waals surface area contributed by atoms with E-state index in [0.717, 1.165) is 50.5 Å². The molecule has 138 valence electrons. The SMILES string of the molecule is COc1ccc2c(c1OC)CCC2NCCN1CCc2ccccc2C1. The normalized spacial score (nSPS) is 19.1. The molecule has 0 aromatic heterocycles. The summed E-state index contributed by atoms with van der Waals surface area (Å²) in [5, 5.41) is 3.76. The molecule has 4 heteroatoms. The van der Waals surface area contributed by atoms with Crippen LogP contribution in [0.3, 0.4) is 0 Å². The van der Waals surface area contributed by atoms with Gasteiger partial charge in [-0.15, -0.1) is 0 Å². The van der Waals surface area contributed by atoms with Crippen molar-refractivity contribution in [3.05, 3.63) is 58.7 Å². The fourth-order valence-corrected chi connectivity index (χ4v) is 4.39. The van der Waals surface area contributed by atoms with Crippen molar-refractivity contribution in [2.45, 2.75) is 31.8 Å². The Morgan fingerprint density at radius 1 is 1.04 bits per heavy atom. The molecule has 1 atom stereocenters. The van der Waals surface area contributed by atoms with E-state index in [1.807, 2.05) is 6.07 Å². The number of nitrogens with zero attached hydrogens (tertiary/aromatic N) is 1. The molecule has 1 aliphatic heterocycles. The largest absolute Gasteiger partial charge is 0.493 e. The predicted octanol–water partition coefficient (Wildman–Crippen LogP) is 3.34. The van der Waals surface area contributed by atoms with Crippen LogP contribution in [0.1, 0.15) is 34.7 Å². The fraction of sp³-hybridized carbons (Fsp3) is 0.455. The molecule has 1 heterocycles. The minimum absolute atomic E-state index is 0.418. The van der Waals surface area contributed by atoms with E-state index in [9.17, 15) is 0 Å². The Morgan fingerprint density at radius 3 is 2.69 bits per heavy atom. The first-order valence-corrected chi connectivity index (χ1v) is 9.56. The Kier molecular flexibility index (Phi) is 5.14. The average molecular weight is 352 g/mol. The number of fused-ring (bicyclic) bond motifs is 2. The van der Waals surface area contributed by atoms with Gasteiger partial charge in [0, 0.05) is 37.8 Å². The van der Waals surface area contributed by atoms with Crippen molar-refractivity contribution in [1.82, 2.24) is 10.2 Å². The van der Waals surface area contributed by atoms with E-state index in [0.29, 0.717) is 6.04 Å². The molecule has 1 unspecified atom stereocenters. The molecule has 1 aliphatic carbocycles. The summed E-state index contributed by atoms with van der Waals surface area (Å²) in [4.78, 5) is 2.56. The van der Waals surface area contributed by atoms with Crippen LogP contribution in [0.15, 0.2) is 36.4 Å². The Hall–Kier alpha value is -2.04. The van der Waals surface area contributed by atoms with Crippen molar-refractivity contribution in [2.24, 2.45) is 0 Å². The van der Waals surface area contributed by atoms with Crippen LogP contribution in [0.25, 0.3) is 0 Å². The summed E-state index contributed by atoms with van der Waals surface area (Å²) in [5.41, 5.74) is 5.67. The van der Waals surface area contributed by atoms with E-state index in [-0.39, 0.29) is 0 Å². The summed E-state index contributed by atoms with van der Waals surface area (Å²) in [6.45, 7) is 4.34. The van der Waals surface area contributed by atoms with Gasteiger partial charge in [-0.2, -0.15) is 0 Å². The van der Waals surface area contributed by atoms with Gasteiger partial charge in [-0.1, -0.05) is 30.3 Å². The topological polar surface area (TPSA) is 33.7 Å². The van der Waals surface area contributed by atoms with Crippen LogP contribution < -0.4 is 14.8 Å². The average Bonchev–Trinajstić information content (AvgIpc) is 3.10. The molecule has 2 aliphatic rings. The van der Waals surface area contributed by atoms with E-state index in [4.69, 9.17) is 9.47 Å². The summed E-state index contributed by atoms with van der Waals surface area (Å²) in [6.07, 6.45) is 3.34. The Bertz CT molecular complexity index is 775. The van der Waals surface area contributed by atoms with Crippen molar-refractivity contribution in [3.8, 4) is 11.5 Å². The van der Waals surface area contributed by atoms with Crippen LogP contribution in [0.2, 0.25) is 0 Å². The van der Waals surface area contributed by atoms with Crippen molar-refractivity contribution in [3.63, 3.8) is 0 Å². The van der Waals surface area contributed by atoms with E-state index in [1.165, 1.54) is 28.7 Å². The molecule has 4 rings (SSSR count). The van der Waals surface area contributed by atoms with Crippen LogP contribution in [0, 0.1) is 0 Å². The molecule has 2 aromatic carbocycles. The lowest BCUT2D eigenvalue weighted by Gasteiger charge is -2.29. The van der Waals surface area contributed by atoms with E-state index in [2.05, 4.69) is 40.5 Å². The molecule has 2 aromatic rings. The zero-order valence-corrected chi connectivity index (χ0v) is 15.8. The number of rotatable bonds is 6. The molecule has 0 spiro atoms. The van der Waals surface area contributed by atoms with E-state index in [1.54, 1.807) is 14.2 Å². The van der Waals surface area contributed by atoms with Crippen LogP contribution in [0.4, 0.5) is 0 Å². The predicted molar refractivity (Wildman–Crippen MR) is 104 cm³/mol. The number of nitrogens with one attached hydrogen (secondary N) is 1. The van der Waals surface area contributed by atoms with Crippen LogP contribution in [0.5, 0.6) is 11.5 Å². The minimum atomic E-state index is 0.418. The Balaban J connectivity index is 1.35. The highest BCUT2D eigenvalue weighted by molar-refractivity contribution is 5.53. The summed E-state index contributed by atoms with van der Waals surface area (Å²) in [6, 6.07) is 13.5. The summed E-state index contributed by atoms with van der Waals surface area (Å²) in [7, 11) is 3.43. The van der Waals surface area contributed by atoms with E-state index < -0.39 is 0 Å². The summed E-state index contributed by atoms with van der Waals surface area (Å²) >= 11 is 0. The Labute approximate surface area is 156 Å². The highest BCUT2D eigenvalue weighted by Gasteiger charge is 2.27. The van der Waals surface area contributed by atoms with Crippen molar-refractivity contribution < 1.29 is 9.47 Å².